The van der Waals surface area contributed by atoms with Gasteiger partial charge in [-0.3, -0.25) is 14.7 Å². The Kier molecular flexibility index (Phi) is 3.74. The van der Waals surface area contributed by atoms with Gasteiger partial charge in [-0.05, 0) is 31.5 Å². The molecule has 17 heavy (non-hydrogen) atoms. The van der Waals surface area contributed by atoms with Crippen LogP contribution in [-0.2, 0) is 11.3 Å². The van der Waals surface area contributed by atoms with Crippen LogP contribution in [0, 0.1) is 5.92 Å². The Labute approximate surface area is 101 Å². The van der Waals surface area contributed by atoms with Gasteiger partial charge < -0.3 is 5.11 Å². The molecule has 1 aromatic rings. The summed E-state index contributed by atoms with van der Waals surface area (Å²) < 4.78 is 0. The zero-order valence-corrected chi connectivity index (χ0v) is 10.0. The molecule has 0 saturated heterocycles. The maximum Gasteiger partial charge on any atom is 0.308 e. The normalized spacial score (nSPS) is 23.4. The number of rotatable bonds is 5. The van der Waals surface area contributed by atoms with E-state index in [4.69, 9.17) is 5.11 Å². The summed E-state index contributed by atoms with van der Waals surface area (Å²) in [5, 5.41) is 9.07. The lowest BCUT2D eigenvalue weighted by Crippen LogP contribution is -2.49. The Bertz CT molecular complexity index is 380. The minimum Gasteiger partial charge on any atom is -0.481 e. The number of pyridine rings is 1. The van der Waals surface area contributed by atoms with Crippen molar-refractivity contribution in [1.82, 2.24) is 9.88 Å². The fourth-order valence-electron chi connectivity index (χ4n) is 2.37. The number of hydrogen-bond donors (Lipinski definition) is 1. The molecule has 1 aliphatic carbocycles. The molecule has 0 radical (unpaired) electrons. The number of carboxylic acid groups (broad SMARTS) is 1. The number of carbonyl (C=O) groups is 1. The monoisotopic (exact) mass is 234 g/mol. The van der Waals surface area contributed by atoms with Crippen LogP contribution in [-0.4, -0.2) is 33.5 Å². The highest BCUT2D eigenvalue weighted by atomic mass is 16.4. The molecule has 1 heterocycles. The van der Waals surface area contributed by atoms with Crippen LogP contribution in [0.5, 0.6) is 0 Å². The second kappa shape index (κ2) is 5.27. The average molecular weight is 234 g/mol. The molecule has 92 valence electrons. The quantitative estimate of drug-likeness (QED) is 0.843. The Morgan fingerprint density at radius 1 is 1.53 bits per heavy atom. The van der Waals surface area contributed by atoms with Gasteiger partial charge in [-0.15, -0.1) is 0 Å². The summed E-state index contributed by atoms with van der Waals surface area (Å²) in [6, 6.07) is 6.02. The van der Waals surface area contributed by atoms with Crippen molar-refractivity contribution in [3.8, 4) is 0 Å². The van der Waals surface area contributed by atoms with Crippen molar-refractivity contribution in [2.75, 3.05) is 6.54 Å². The van der Waals surface area contributed by atoms with Gasteiger partial charge in [0.05, 0.1) is 11.6 Å². The molecule has 0 amide bonds. The Morgan fingerprint density at radius 3 is 2.82 bits per heavy atom. The van der Waals surface area contributed by atoms with Crippen LogP contribution >= 0.6 is 0 Å². The predicted molar refractivity (Wildman–Crippen MR) is 64.5 cm³/mol. The molecule has 0 aromatic carbocycles. The summed E-state index contributed by atoms with van der Waals surface area (Å²) in [6.45, 7) is 3.68. The first kappa shape index (κ1) is 12.0. The van der Waals surface area contributed by atoms with Crippen molar-refractivity contribution in [3.05, 3.63) is 30.1 Å². The van der Waals surface area contributed by atoms with Crippen molar-refractivity contribution < 1.29 is 9.90 Å². The van der Waals surface area contributed by atoms with E-state index in [0.717, 1.165) is 31.6 Å². The van der Waals surface area contributed by atoms with Gasteiger partial charge in [0, 0.05) is 18.8 Å². The number of aliphatic carboxylic acids is 1. The maximum absolute atomic E-state index is 11.0. The molecular weight excluding hydrogens is 216 g/mol. The molecule has 0 bridgehead atoms. The van der Waals surface area contributed by atoms with E-state index in [0.29, 0.717) is 0 Å². The van der Waals surface area contributed by atoms with E-state index < -0.39 is 5.97 Å². The third-order valence-electron chi connectivity index (χ3n) is 3.52. The van der Waals surface area contributed by atoms with Gasteiger partial charge in [-0.2, -0.15) is 0 Å². The molecule has 1 aliphatic rings. The van der Waals surface area contributed by atoms with Gasteiger partial charge in [-0.25, -0.2) is 0 Å². The molecule has 1 saturated carbocycles. The van der Waals surface area contributed by atoms with Gasteiger partial charge in [0.25, 0.3) is 0 Å². The average Bonchev–Trinajstić information content (AvgIpc) is 2.27. The van der Waals surface area contributed by atoms with E-state index in [2.05, 4.69) is 16.8 Å². The molecule has 1 fully saturated rings. The minimum atomic E-state index is -0.666. The van der Waals surface area contributed by atoms with Crippen LogP contribution in [0.1, 0.15) is 25.5 Å². The number of carboxylic acids is 1. The molecule has 4 nitrogen and oxygen atoms in total. The second-order valence-corrected chi connectivity index (χ2v) is 4.47. The minimum absolute atomic E-state index is 0.180. The number of hydrogen-bond acceptors (Lipinski definition) is 3. The van der Waals surface area contributed by atoms with Gasteiger partial charge >= 0.3 is 5.97 Å². The summed E-state index contributed by atoms with van der Waals surface area (Å²) in [5.41, 5.74) is 1.00. The highest BCUT2D eigenvalue weighted by molar-refractivity contribution is 5.72. The lowest BCUT2D eigenvalue weighted by molar-refractivity contribution is -0.149. The van der Waals surface area contributed by atoms with Gasteiger partial charge in [0.2, 0.25) is 0 Å². The molecule has 2 unspecified atom stereocenters. The number of aromatic nitrogens is 1. The Morgan fingerprint density at radius 2 is 2.35 bits per heavy atom. The Balaban J connectivity index is 2.00. The van der Waals surface area contributed by atoms with Crippen LogP contribution in [0.25, 0.3) is 0 Å². The van der Waals surface area contributed by atoms with E-state index in [1.165, 1.54) is 0 Å². The van der Waals surface area contributed by atoms with E-state index in [-0.39, 0.29) is 12.0 Å². The smallest absolute Gasteiger partial charge is 0.308 e. The highest BCUT2D eigenvalue weighted by Crippen LogP contribution is 2.32. The third-order valence-corrected chi connectivity index (χ3v) is 3.52. The molecule has 2 atom stereocenters. The van der Waals surface area contributed by atoms with E-state index in [1.807, 2.05) is 18.2 Å². The fourth-order valence-corrected chi connectivity index (χ4v) is 2.37. The largest absolute Gasteiger partial charge is 0.481 e. The summed E-state index contributed by atoms with van der Waals surface area (Å²) >= 11 is 0. The van der Waals surface area contributed by atoms with Crippen molar-refractivity contribution in [3.63, 3.8) is 0 Å². The standard InChI is InChI=1S/C13H18N2O2/c1-2-15(9-10-5-3-4-8-14-10)12-7-6-11(12)13(16)17/h3-5,8,11-12H,2,6-7,9H2,1H3,(H,16,17). The third kappa shape index (κ3) is 2.64. The zero-order chi connectivity index (χ0) is 12.3. The fraction of sp³-hybridized carbons (Fsp3) is 0.538. The lowest BCUT2D eigenvalue weighted by atomic mass is 9.78. The predicted octanol–water partition coefficient (Wildman–Crippen LogP) is 1.77. The van der Waals surface area contributed by atoms with Crippen LogP contribution in [0.3, 0.4) is 0 Å². The van der Waals surface area contributed by atoms with E-state index in [9.17, 15) is 4.79 Å². The number of nitrogens with zero attached hydrogens (tertiary/aromatic N) is 2. The first-order valence-corrected chi connectivity index (χ1v) is 6.09. The van der Waals surface area contributed by atoms with E-state index >= 15 is 0 Å². The molecule has 0 aliphatic heterocycles. The summed E-state index contributed by atoms with van der Waals surface area (Å²) in [6.07, 6.45) is 3.56. The first-order chi connectivity index (χ1) is 8.22. The summed E-state index contributed by atoms with van der Waals surface area (Å²) in [7, 11) is 0. The van der Waals surface area contributed by atoms with E-state index in [1.54, 1.807) is 6.20 Å². The lowest BCUT2D eigenvalue weighted by Gasteiger charge is -2.41. The van der Waals surface area contributed by atoms with Crippen LogP contribution in [0.15, 0.2) is 24.4 Å². The van der Waals surface area contributed by atoms with Crippen molar-refractivity contribution in [1.29, 1.82) is 0 Å². The van der Waals surface area contributed by atoms with Crippen molar-refractivity contribution >= 4 is 5.97 Å². The molecule has 1 N–H and O–H groups in total. The van der Waals surface area contributed by atoms with Crippen LogP contribution in [0.2, 0.25) is 0 Å². The van der Waals surface area contributed by atoms with Crippen LogP contribution < -0.4 is 0 Å². The SMILES string of the molecule is CCN(Cc1ccccn1)C1CCC1C(=O)O. The molecular formula is C13H18N2O2. The summed E-state index contributed by atoms with van der Waals surface area (Å²) in [4.78, 5) is 17.5. The van der Waals surface area contributed by atoms with Gasteiger partial charge in [0.15, 0.2) is 0 Å². The molecule has 4 heteroatoms. The summed E-state index contributed by atoms with van der Waals surface area (Å²) in [5.74, 6) is -0.862. The molecule has 0 spiro atoms. The van der Waals surface area contributed by atoms with Gasteiger partial charge in [-0.1, -0.05) is 13.0 Å². The zero-order valence-electron chi connectivity index (χ0n) is 10.0. The van der Waals surface area contributed by atoms with Crippen molar-refractivity contribution in [2.24, 2.45) is 5.92 Å². The van der Waals surface area contributed by atoms with Gasteiger partial charge in [0.1, 0.15) is 0 Å². The first-order valence-electron chi connectivity index (χ1n) is 6.09. The van der Waals surface area contributed by atoms with Crippen molar-refractivity contribution in [2.45, 2.75) is 32.4 Å². The highest BCUT2D eigenvalue weighted by Gasteiger charge is 2.39. The second-order valence-electron chi connectivity index (χ2n) is 4.47. The molecule has 1 aromatic heterocycles. The topological polar surface area (TPSA) is 53.4 Å². The Hall–Kier alpha value is -1.42. The van der Waals surface area contributed by atoms with Crippen LogP contribution in [0.4, 0.5) is 0 Å². The molecule has 2 rings (SSSR count). The maximum atomic E-state index is 11.0.